The first-order valence-corrected chi connectivity index (χ1v) is 6.77. The predicted octanol–water partition coefficient (Wildman–Crippen LogP) is 4.69. The average molecular weight is 347 g/mol. The largest absolute Gasteiger partial charge is 0.309 e. The fourth-order valence-electron chi connectivity index (χ4n) is 1.95. The van der Waals surface area contributed by atoms with E-state index in [-0.39, 0.29) is 0 Å². The maximum atomic E-state index is 14.0. The molecular weight excluding hydrogens is 336 g/mol. The summed E-state index contributed by atoms with van der Waals surface area (Å²) >= 11 is 8.92. The maximum Gasteiger partial charge on any atom is 0.129 e. The second-order valence-electron chi connectivity index (χ2n) is 4.05. The van der Waals surface area contributed by atoms with Gasteiger partial charge in [-0.3, -0.25) is 0 Å². The van der Waals surface area contributed by atoms with Gasteiger partial charge < -0.3 is 5.32 Å². The van der Waals surface area contributed by atoms with Crippen molar-refractivity contribution in [2.45, 2.75) is 6.04 Å². The van der Waals surface area contributed by atoms with E-state index in [9.17, 15) is 8.78 Å². The van der Waals surface area contributed by atoms with Crippen molar-refractivity contribution in [2.24, 2.45) is 0 Å². The van der Waals surface area contributed by atoms with E-state index < -0.39 is 17.7 Å². The molecule has 0 radical (unpaired) electrons. The Kier molecular flexibility index (Phi) is 4.55. The lowest BCUT2D eigenvalue weighted by Gasteiger charge is -2.19. The molecular formula is C14H11BrClF2N. The summed E-state index contributed by atoms with van der Waals surface area (Å²) in [5, 5.41) is 3.23. The highest BCUT2D eigenvalue weighted by Gasteiger charge is 2.19. The van der Waals surface area contributed by atoms with Gasteiger partial charge in [-0.2, -0.15) is 0 Å². The first-order chi connectivity index (χ1) is 9.02. The molecule has 5 heteroatoms. The predicted molar refractivity (Wildman–Crippen MR) is 76.4 cm³/mol. The van der Waals surface area contributed by atoms with Crippen LogP contribution in [0.15, 0.2) is 40.9 Å². The van der Waals surface area contributed by atoms with Crippen molar-refractivity contribution in [3.63, 3.8) is 0 Å². The van der Waals surface area contributed by atoms with E-state index in [1.165, 1.54) is 12.1 Å². The van der Waals surface area contributed by atoms with Crippen molar-refractivity contribution < 1.29 is 8.78 Å². The topological polar surface area (TPSA) is 12.0 Å². The van der Waals surface area contributed by atoms with Gasteiger partial charge in [0, 0.05) is 20.6 Å². The fraction of sp³-hybridized carbons (Fsp3) is 0.143. The van der Waals surface area contributed by atoms with Crippen LogP contribution in [0.1, 0.15) is 17.2 Å². The zero-order valence-corrected chi connectivity index (χ0v) is 12.4. The van der Waals surface area contributed by atoms with Crippen molar-refractivity contribution in [3.8, 4) is 0 Å². The van der Waals surface area contributed by atoms with Gasteiger partial charge in [-0.25, -0.2) is 8.78 Å². The SMILES string of the molecule is CNC(c1ccc(Cl)cc1F)c1ccc(Br)cc1F. The number of hydrogen-bond donors (Lipinski definition) is 1. The number of nitrogens with one attached hydrogen (secondary N) is 1. The van der Waals surface area contributed by atoms with Crippen molar-refractivity contribution >= 4 is 27.5 Å². The van der Waals surface area contributed by atoms with E-state index in [0.29, 0.717) is 20.6 Å². The Balaban J connectivity index is 2.50. The third-order valence-corrected chi connectivity index (χ3v) is 3.56. The highest BCUT2D eigenvalue weighted by molar-refractivity contribution is 9.10. The number of halogens is 4. The van der Waals surface area contributed by atoms with Crippen LogP contribution in [0.3, 0.4) is 0 Å². The molecule has 1 atom stereocenters. The van der Waals surface area contributed by atoms with Crippen LogP contribution in [-0.4, -0.2) is 7.05 Å². The minimum atomic E-state index is -0.564. The molecule has 0 aliphatic carbocycles. The van der Waals surface area contributed by atoms with E-state index in [0.717, 1.165) is 0 Å². The number of rotatable bonds is 3. The van der Waals surface area contributed by atoms with Crippen molar-refractivity contribution in [3.05, 3.63) is 68.7 Å². The third-order valence-electron chi connectivity index (χ3n) is 2.84. The van der Waals surface area contributed by atoms with Crippen LogP contribution in [0.2, 0.25) is 5.02 Å². The second kappa shape index (κ2) is 5.99. The maximum absolute atomic E-state index is 14.0. The van der Waals surface area contributed by atoms with Gasteiger partial charge in [-0.1, -0.05) is 39.7 Å². The van der Waals surface area contributed by atoms with Crippen LogP contribution in [0, 0.1) is 11.6 Å². The van der Waals surface area contributed by atoms with Gasteiger partial charge in [0.05, 0.1) is 6.04 Å². The van der Waals surface area contributed by atoms with Crippen LogP contribution in [0.5, 0.6) is 0 Å². The normalized spacial score (nSPS) is 12.5. The summed E-state index contributed by atoms with van der Waals surface area (Å²) in [7, 11) is 1.65. The third kappa shape index (κ3) is 3.14. The molecule has 0 amide bonds. The molecule has 1 nitrogen and oxygen atoms in total. The van der Waals surface area contributed by atoms with Gasteiger partial charge in [-0.15, -0.1) is 0 Å². The molecule has 2 aromatic rings. The number of benzene rings is 2. The summed E-state index contributed by atoms with van der Waals surface area (Å²) in [6.07, 6.45) is 0. The molecule has 1 unspecified atom stereocenters. The van der Waals surface area contributed by atoms with Crippen LogP contribution in [0.25, 0.3) is 0 Å². The molecule has 2 aromatic carbocycles. The molecule has 100 valence electrons. The van der Waals surface area contributed by atoms with Crippen molar-refractivity contribution in [1.29, 1.82) is 0 Å². The molecule has 2 rings (SSSR count). The molecule has 0 fully saturated rings. The lowest BCUT2D eigenvalue weighted by Crippen LogP contribution is -2.20. The molecule has 19 heavy (non-hydrogen) atoms. The lowest BCUT2D eigenvalue weighted by atomic mass is 9.98. The van der Waals surface area contributed by atoms with E-state index in [1.807, 2.05) is 0 Å². The van der Waals surface area contributed by atoms with E-state index in [2.05, 4.69) is 21.2 Å². The summed E-state index contributed by atoms with van der Waals surface area (Å²) < 4.78 is 28.5. The standard InChI is InChI=1S/C14H11BrClF2N/c1-19-14(10-4-2-8(15)6-12(10)17)11-5-3-9(16)7-13(11)18/h2-7,14,19H,1H3. The molecule has 0 aromatic heterocycles. The zero-order valence-electron chi connectivity index (χ0n) is 10.1. The molecule has 0 saturated heterocycles. The van der Waals surface area contributed by atoms with Crippen LogP contribution in [-0.2, 0) is 0 Å². The second-order valence-corrected chi connectivity index (χ2v) is 5.41. The van der Waals surface area contributed by atoms with Gasteiger partial charge in [0.25, 0.3) is 0 Å². The first-order valence-electron chi connectivity index (χ1n) is 5.60. The molecule has 0 aliphatic rings. The Bertz CT molecular complexity index is 552. The Hall–Kier alpha value is -0.970. The van der Waals surface area contributed by atoms with Crippen LogP contribution >= 0.6 is 27.5 Å². The molecule has 0 bridgehead atoms. The van der Waals surface area contributed by atoms with E-state index in [4.69, 9.17) is 11.6 Å². The quantitative estimate of drug-likeness (QED) is 0.850. The van der Waals surface area contributed by atoms with Gasteiger partial charge >= 0.3 is 0 Å². The monoisotopic (exact) mass is 345 g/mol. The highest BCUT2D eigenvalue weighted by Crippen LogP contribution is 2.29. The molecule has 0 heterocycles. The minimum Gasteiger partial charge on any atom is -0.309 e. The molecule has 0 spiro atoms. The fourth-order valence-corrected chi connectivity index (χ4v) is 2.44. The molecule has 0 saturated carbocycles. The van der Waals surface area contributed by atoms with Gasteiger partial charge in [-0.05, 0) is 31.3 Å². The van der Waals surface area contributed by atoms with E-state index >= 15 is 0 Å². The van der Waals surface area contributed by atoms with Gasteiger partial charge in [0.15, 0.2) is 0 Å². The Labute approximate surface area is 123 Å². The Morgan fingerprint density at radius 1 is 1.05 bits per heavy atom. The highest BCUT2D eigenvalue weighted by atomic mass is 79.9. The molecule has 0 aliphatic heterocycles. The Morgan fingerprint density at radius 2 is 1.63 bits per heavy atom. The smallest absolute Gasteiger partial charge is 0.129 e. The first kappa shape index (κ1) is 14.4. The summed E-state index contributed by atoms with van der Waals surface area (Å²) in [5.74, 6) is -0.864. The summed E-state index contributed by atoms with van der Waals surface area (Å²) in [5.41, 5.74) is 0.736. The van der Waals surface area contributed by atoms with Gasteiger partial charge in [0.1, 0.15) is 11.6 Å². The zero-order chi connectivity index (χ0) is 14.0. The van der Waals surface area contributed by atoms with E-state index in [1.54, 1.807) is 31.3 Å². The summed E-state index contributed by atoms with van der Waals surface area (Å²) in [4.78, 5) is 0. The van der Waals surface area contributed by atoms with Gasteiger partial charge in [0.2, 0.25) is 0 Å². The van der Waals surface area contributed by atoms with Crippen molar-refractivity contribution in [2.75, 3.05) is 7.05 Å². The summed E-state index contributed by atoms with van der Waals surface area (Å²) in [6, 6.07) is 8.49. The van der Waals surface area contributed by atoms with Crippen LogP contribution < -0.4 is 5.32 Å². The van der Waals surface area contributed by atoms with Crippen LogP contribution in [0.4, 0.5) is 8.78 Å². The lowest BCUT2D eigenvalue weighted by molar-refractivity contribution is 0.546. The van der Waals surface area contributed by atoms with Crippen molar-refractivity contribution in [1.82, 2.24) is 5.32 Å². The molecule has 1 N–H and O–H groups in total. The Morgan fingerprint density at radius 3 is 2.16 bits per heavy atom. The average Bonchev–Trinajstić information content (AvgIpc) is 2.34. The minimum absolute atomic E-state index is 0.312. The summed E-state index contributed by atoms with van der Waals surface area (Å²) in [6.45, 7) is 0. The number of hydrogen-bond acceptors (Lipinski definition) is 1.